The lowest BCUT2D eigenvalue weighted by atomic mass is 10.00. The van der Waals surface area contributed by atoms with Gasteiger partial charge in [-0.15, -0.1) is 0 Å². The predicted octanol–water partition coefficient (Wildman–Crippen LogP) is 3.59. The first-order chi connectivity index (χ1) is 12.7. The molecule has 1 atom stereocenters. The topological polar surface area (TPSA) is 23.6 Å². The molecular formula is C22H25FN2O. The Labute approximate surface area is 154 Å². The lowest BCUT2D eigenvalue weighted by molar-refractivity contribution is -0.132. The van der Waals surface area contributed by atoms with E-state index in [1.165, 1.54) is 17.2 Å². The summed E-state index contributed by atoms with van der Waals surface area (Å²) in [6, 6.07) is 15.2. The Kier molecular flexibility index (Phi) is 5.02. The maximum Gasteiger partial charge on any atom is 0.230 e. The van der Waals surface area contributed by atoms with Gasteiger partial charge in [0.1, 0.15) is 5.82 Å². The number of halogens is 1. The van der Waals surface area contributed by atoms with E-state index in [9.17, 15) is 9.18 Å². The molecule has 0 bridgehead atoms. The smallest absolute Gasteiger partial charge is 0.230 e. The third kappa shape index (κ3) is 3.65. The number of carbonyl (C=O) groups is 1. The molecule has 1 amide bonds. The van der Waals surface area contributed by atoms with Crippen LogP contribution in [-0.2, 0) is 17.8 Å². The first-order valence-electron chi connectivity index (χ1n) is 9.54. The van der Waals surface area contributed by atoms with Crippen LogP contribution in [0, 0.1) is 5.82 Å². The van der Waals surface area contributed by atoms with E-state index in [2.05, 4.69) is 23.1 Å². The molecule has 136 valence electrons. The number of aryl methyl sites for hydroxylation is 1. The molecule has 3 nitrogen and oxygen atoms in total. The molecule has 1 fully saturated rings. The van der Waals surface area contributed by atoms with Crippen LogP contribution in [0.4, 0.5) is 4.39 Å². The van der Waals surface area contributed by atoms with E-state index >= 15 is 0 Å². The normalized spacial score (nSPS) is 20.7. The summed E-state index contributed by atoms with van der Waals surface area (Å²) in [5.74, 6) is 0.123. The number of nitrogens with zero attached hydrogens (tertiary/aromatic N) is 2. The summed E-state index contributed by atoms with van der Waals surface area (Å²) in [5.41, 5.74) is 3.54. The van der Waals surface area contributed by atoms with Crippen molar-refractivity contribution >= 4 is 5.91 Å². The summed E-state index contributed by atoms with van der Waals surface area (Å²) in [5, 5.41) is 0. The molecule has 2 aliphatic rings. The zero-order chi connectivity index (χ0) is 17.9. The van der Waals surface area contributed by atoms with Crippen molar-refractivity contribution in [2.24, 2.45) is 0 Å². The maximum atomic E-state index is 13.4. The molecule has 4 rings (SSSR count). The van der Waals surface area contributed by atoms with Crippen molar-refractivity contribution in [2.45, 2.75) is 31.7 Å². The molecule has 1 unspecified atom stereocenters. The number of carbonyl (C=O) groups excluding carboxylic acids is 1. The molecule has 1 saturated heterocycles. The van der Waals surface area contributed by atoms with Gasteiger partial charge in [-0.05, 0) is 48.1 Å². The molecule has 1 aliphatic carbocycles. The van der Waals surface area contributed by atoms with Gasteiger partial charge in [-0.25, -0.2) is 4.39 Å². The Morgan fingerprint density at radius 2 is 1.92 bits per heavy atom. The summed E-state index contributed by atoms with van der Waals surface area (Å²) >= 11 is 0. The van der Waals surface area contributed by atoms with Crippen LogP contribution in [0.25, 0.3) is 0 Å². The monoisotopic (exact) mass is 352 g/mol. The standard InChI is InChI=1S/C22H25FN2O/c23-19-7-3-5-17(15-19)16-24-11-4-12-25(14-13-24)22(26)21-10-9-18-6-1-2-8-20(18)21/h1-3,5-8,15,21H,4,9-14,16H2. The fourth-order valence-corrected chi connectivity index (χ4v) is 4.28. The average Bonchev–Trinajstić information content (AvgIpc) is 2.94. The largest absolute Gasteiger partial charge is 0.341 e. The Morgan fingerprint density at radius 3 is 2.81 bits per heavy atom. The van der Waals surface area contributed by atoms with E-state index in [1.54, 1.807) is 12.1 Å². The summed E-state index contributed by atoms with van der Waals surface area (Å²) < 4.78 is 13.4. The molecule has 1 heterocycles. The summed E-state index contributed by atoms with van der Waals surface area (Å²) in [7, 11) is 0. The molecule has 26 heavy (non-hydrogen) atoms. The Balaban J connectivity index is 1.39. The van der Waals surface area contributed by atoms with E-state index in [-0.39, 0.29) is 17.6 Å². The second-order valence-electron chi connectivity index (χ2n) is 7.37. The molecular weight excluding hydrogens is 327 g/mol. The van der Waals surface area contributed by atoms with E-state index in [0.29, 0.717) is 0 Å². The van der Waals surface area contributed by atoms with Crippen molar-refractivity contribution in [3.05, 3.63) is 71.0 Å². The highest BCUT2D eigenvalue weighted by atomic mass is 19.1. The molecule has 2 aromatic rings. The molecule has 0 aromatic heterocycles. The minimum atomic E-state index is -0.186. The summed E-state index contributed by atoms with van der Waals surface area (Å²) in [6.45, 7) is 4.11. The summed E-state index contributed by atoms with van der Waals surface area (Å²) in [4.78, 5) is 17.4. The van der Waals surface area contributed by atoms with Gasteiger partial charge in [0.2, 0.25) is 5.91 Å². The van der Waals surface area contributed by atoms with Gasteiger partial charge in [0.25, 0.3) is 0 Å². The minimum absolute atomic E-state index is 0.0287. The maximum absolute atomic E-state index is 13.4. The minimum Gasteiger partial charge on any atom is -0.341 e. The Hall–Kier alpha value is -2.20. The first kappa shape index (κ1) is 17.2. The van der Waals surface area contributed by atoms with Crippen molar-refractivity contribution in [2.75, 3.05) is 26.2 Å². The van der Waals surface area contributed by atoms with Crippen LogP contribution in [-0.4, -0.2) is 41.9 Å². The van der Waals surface area contributed by atoms with Crippen LogP contribution in [0.1, 0.15) is 35.4 Å². The van der Waals surface area contributed by atoms with Crippen LogP contribution in [0.15, 0.2) is 48.5 Å². The van der Waals surface area contributed by atoms with E-state index in [0.717, 1.165) is 57.5 Å². The van der Waals surface area contributed by atoms with E-state index in [1.807, 2.05) is 17.0 Å². The third-order valence-corrected chi connectivity index (χ3v) is 5.63. The molecule has 0 N–H and O–H groups in total. The lowest BCUT2D eigenvalue weighted by Gasteiger charge is -2.25. The van der Waals surface area contributed by atoms with Crippen LogP contribution in [0.2, 0.25) is 0 Å². The zero-order valence-corrected chi connectivity index (χ0v) is 15.0. The second-order valence-corrected chi connectivity index (χ2v) is 7.37. The Morgan fingerprint density at radius 1 is 1.04 bits per heavy atom. The van der Waals surface area contributed by atoms with Gasteiger partial charge in [-0.3, -0.25) is 9.69 Å². The van der Waals surface area contributed by atoms with Crippen molar-refractivity contribution in [1.82, 2.24) is 9.80 Å². The molecule has 1 aliphatic heterocycles. The number of amides is 1. The van der Waals surface area contributed by atoms with Crippen LogP contribution >= 0.6 is 0 Å². The van der Waals surface area contributed by atoms with E-state index < -0.39 is 0 Å². The van der Waals surface area contributed by atoms with Crippen molar-refractivity contribution in [3.63, 3.8) is 0 Å². The highest BCUT2D eigenvalue weighted by Gasteiger charge is 2.32. The number of rotatable bonds is 3. The highest BCUT2D eigenvalue weighted by Crippen LogP contribution is 2.34. The fourth-order valence-electron chi connectivity index (χ4n) is 4.28. The molecule has 4 heteroatoms. The van der Waals surface area contributed by atoms with Gasteiger partial charge in [0.15, 0.2) is 0 Å². The zero-order valence-electron chi connectivity index (χ0n) is 15.0. The summed E-state index contributed by atoms with van der Waals surface area (Å²) in [6.07, 6.45) is 2.91. The van der Waals surface area contributed by atoms with Gasteiger partial charge in [0.05, 0.1) is 5.92 Å². The molecule has 0 radical (unpaired) electrons. The van der Waals surface area contributed by atoms with Gasteiger partial charge >= 0.3 is 0 Å². The second kappa shape index (κ2) is 7.58. The first-order valence-corrected chi connectivity index (χ1v) is 9.54. The van der Waals surface area contributed by atoms with Gasteiger partial charge in [-0.2, -0.15) is 0 Å². The van der Waals surface area contributed by atoms with Crippen molar-refractivity contribution in [3.8, 4) is 0 Å². The number of hydrogen-bond acceptors (Lipinski definition) is 2. The number of hydrogen-bond donors (Lipinski definition) is 0. The third-order valence-electron chi connectivity index (χ3n) is 5.63. The van der Waals surface area contributed by atoms with Gasteiger partial charge < -0.3 is 4.90 Å². The molecule has 0 saturated carbocycles. The van der Waals surface area contributed by atoms with Crippen molar-refractivity contribution < 1.29 is 9.18 Å². The van der Waals surface area contributed by atoms with Crippen LogP contribution in [0.3, 0.4) is 0 Å². The van der Waals surface area contributed by atoms with E-state index in [4.69, 9.17) is 0 Å². The highest BCUT2D eigenvalue weighted by molar-refractivity contribution is 5.85. The average molecular weight is 352 g/mol. The predicted molar refractivity (Wildman–Crippen MR) is 100 cm³/mol. The SMILES string of the molecule is O=C(C1CCc2ccccc21)N1CCCN(Cc2cccc(F)c2)CC1. The number of benzene rings is 2. The van der Waals surface area contributed by atoms with Crippen molar-refractivity contribution in [1.29, 1.82) is 0 Å². The molecule has 0 spiro atoms. The quantitative estimate of drug-likeness (QED) is 0.843. The van der Waals surface area contributed by atoms with Crippen LogP contribution in [0.5, 0.6) is 0 Å². The molecule has 2 aromatic carbocycles. The number of fused-ring (bicyclic) bond motifs is 1. The fraction of sp³-hybridized carbons (Fsp3) is 0.409. The van der Waals surface area contributed by atoms with Crippen LogP contribution < -0.4 is 0 Å². The van der Waals surface area contributed by atoms with Gasteiger partial charge in [-0.1, -0.05) is 36.4 Å². The van der Waals surface area contributed by atoms with Gasteiger partial charge in [0, 0.05) is 32.7 Å². The lowest BCUT2D eigenvalue weighted by Crippen LogP contribution is -2.37. The Bertz CT molecular complexity index is 791.